The molecular weight excluding hydrogens is 533 g/mol. The Labute approximate surface area is 239 Å². The molecule has 1 saturated carbocycles. The second-order valence-electron chi connectivity index (χ2n) is 10.9. The predicted molar refractivity (Wildman–Crippen MR) is 150 cm³/mol. The van der Waals surface area contributed by atoms with E-state index in [0.717, 1.165) is 42.5 Å². The number of piperazine rings is 1. The molecule has 1 aliphatic heterocycles. The smallest absolute Gasteiger partial charge is 0.407 e. The fourth-order valence-electron chi connectivity index (χ4n) is 5.80. The van der Waals surface area contributed by atoms with E-state index in [4.69, 9.17) is 4.74 Å². The fraction of sp³-hybridized carbons (Fsp3) is 0.586. The first kappa shape index (κ1) is 30.3. The molecule has 12 heteroatoms. The summed E-state index contributed by atoms with van der Waals surface area (Å²) in [6.45, 7) is 3.56. The highest BCUT2D eigenvalue weighted by molar-refractivity contribution is 5.99. The van der Waals surface area contributed by atoms with Crippen LogP contribution in [0.1, 0.15) is 49.5 Å². The van der Waals surface area contributed by atoms with Gasteiger partial charge in [-0.2, -0.15) is 0 Å². The van der Waals surface area contributed by atoms with Crippen LogP contribution in [0.4, 0.5) is 9.18 Å². The van der Waals surface area contributed by atoms with E-state index in [1.807, 2.05) is 4.57 Å². The van der Waals surface area contributed by atoms with Crippen molar-refractivity contribution in [1.82, 2.24) is 24.6 Å². The Hall–Kier alpha value is -3.67. The Morgan fingerprint density at radius 2 is 1.73 bits per heavy atom. The van der Waals surface area contributed by atoms with Crippen LogP contribution in [0.25, 0.3) is 10.9 Å². The van der Waals surface area contributed by atoms with E-state index in [9.17, 15) is 28.7 Å². The number of halogens is 1. The Balaban J connectivity index is 1.46. The number of nitrogens with one attached hydrogen (secondary N) is 1. The Kier molecular flexibility index (Phi) is 9.85. The van der Waals surface area contributed by atoms with Crippen molar-refractivity contribution in [2.75, 3.05) is 46.9 Å². The highest BCUT2D eigenvalue weighted by Gasteiger charge is 2.37. The van der Waals surface area contributed by atoms with Gasteiger partial charge in [0.05, 0.1) is 6.61 Å². The summed E-state index contributed by atoms with van der Waals surface area (Å²) in [6.07, 6.45) is 3.42. The van der Waals surface area contributed by atoms with Gasteiger partial charge in [0.25, 0.3) is 5.91 Å². The second-order valence-corrected chi connectivity index (χ2v) is 10.9. The molecule has 2 atom stereocenters. The Morgan fingerprint density at radius 1 is 1.07 bits per heavy atom. The van der Waals surface area contributed by atoms with Gasteiger partial charge in [-0.25, -0.2) is 9.18 Å². The molecule has 0 bridgehead atoms. The van der Waals surface area contributed by atoms with E-state index in [1.165, 1.54) is 26.1 Å². The van der Waals surface area contributed by atoms with Crippen molar-refractivity contribution in [2.24, 2.45) is 5.92 Å². The van der Waals surface area contributed by atoms with Gasteiger partial charge < -0.3 is 29.5 Å². The number of rotatable bonds is 9. The van der Waals surface area contributed by atoms with Crippen molar-refractivity contribution < 1.29 is 33.4 Å². The van der Waals surface area contributed by atoms with Crippen LogP contribution in [-0.4, -0.2) is 107 Å². The van der Waals surface area contributed by atoms with Crippen LogP contribution in [-0.2, 0) is 20.9 Å². The van der Waals surface area contributed by atoms with E-state index in [2.05, 4.69) is 5.32 Å². The Morgan fingerprint density at radius 3 is 2.37 bits per heavy atom. The third-order valence-corrected chi connectivity index (χ3v) is 8.43. The average Bonchev–Trinajstić information content (AvgIpc) is 3.34. The van der Waals surface area contributed by atoms with Gasteiger partial charge in [0.2, 0.25) is 11.8 Å². The van der Waals surface area contributed by atoms with Gasteiger partial charge in [0.1, 0.15) is 23.6 Å². The zero-order valence-corrected chi connectivity index (χ0v) is 24.0. The number of fused-ring (bicyclic) bond motifs is 1. The molecule has 2 N–H and O–H groups in total. The molecule has 2 heterocycles. The average molecular weight is 574 g/mol. The van der Waals surface area contributed by atoms with Crippen molar-refractivity contribution >= 4 is 34.7 Å². The minimum atomic E-state index is -1.22. The molecule has 2 aromatic rings. The zero-order chi connectivity index (χ0) is 29.7. The number of carbonyl (C=O) groups excluding carboxylic acids is 3. The lowest BCUT2D eigenvalue weighted by Crippen LogP contribution is -2.59. The number of amides is 4. The maximum atomic E-state index is 13.9. The number of hydrogen-bond donors (Lipinski definition) is 2. The molecule has 224 valence electrons. The summed E-state index contributed by atoms with van der Waals surface area (Å²) in [5, 5.41) is 12.8. The van der Waals surface area contributed by atoms with Gasteiger partial charge in [-0.15, -0.1) is 0 Å². The standard InChI is InChI=1S/C29H40FN5O6/c1-19(32(2)29(39)40)26(36)31-25(20-7-5-4-6-8-20)28(38)34-13-11-33(12-14-34)27(37)24-18-21-17-22(30)9-10-23(21)35(24)15-16-41-3/h9-10,17-20,25H,4-8,11-16H2,1-3H3,(H,31,36)(H,39,40)/t19-,25-/m0/s1. The Bertz CT molecular complexity index is 1270. The normalized spacial score (nSPS) is 17.8. The molecule has 11 nitrogen and oxygen atoms in total. The van der Waals surface area contributed by atoms with Crippen LogP contribution >= 0.6 is 0 Å². The summed E-state index contributed by atoms with van der Waals surface area (Å²) in [7, 11) is 2.91. The largest absolute Gasteiger partial charge is 0.465 e. The van der Waals surface area contributed by atoms with Crippen LogP contribution in [0.5, 0.6) is 0 Å². The molecule has 4 rings (SSSR count). The maximum Gasteiger partial charge on any atom is 0.407 e. The number of likely N-dealkylation sites (N-methyl/N-ethyl adjacent to an activating group) is 1. The van der Waals surface area contributed by atoms with Crippen LogP contribution in [0.15, 0.2) is 24.3 Å². The summed E-state index contributed by atoms with van der Waals surface area (Å²) >= 11 is 0. The number of ether oxygens (including phenoxy) is 1. The quantitative estimate of drug-likeness (QED) is 0.476. The molecule has 1 saturated heterocycles. The van der Waals surface area contributed by atoms with E-state index < -0.39 is 24.1 Å². The first-order valence-electron chi connectivity index (χ1n) is 14.2. The number of hydrogen-bond acceptors (Lipinski definition) is 5. The monoisotopic (exact) mass is 573 g/mol. The number of methoxy groups -OCH3 is 1. The highest BCUT2D eigenvalue weighted by atomic mass is 19.1. The molecule has 1 aromatic carbocycles. The van der Waals surface area contributed by atoms with Gasteiger partial charge in [0, 0.05) is 57.8 Å². The summed E-state index contributed by atoms with van der Waals surface area (Å²) in [5.41, 5.74) is 1.18. The summed E-state index contributed by atoms with van der Waals surface area (Å²) in [6, 6.07) is 4.42. The van der Waals surface area contributed by atoms with Crippen LogP contribution < -0.4 is 5.32 Å². The predicted octanol–water partition coefficient (Wildman–Crippen LogP) is 2.77. The summed E-state index contributed by atoms with van der Waals surface area (Å²) < 4.78 is 20.9. The van der Waals surface area contributed by atoms with Gasteiger partial charge in [-0.1, -0.05) is 19.3 Å². The minimum absolute atomic E-state index is 0.0286. The molecule has 1 aromatic heterocycles. The van der Waals surface area contributed by atoms with E-state index in [-0.39, 0.29) is 23.5 Å². The molecule has 0 unspecified atom stereocenters. The molecule has 1 aliphatic carbocycles. The molecule has 0 spiro atoms. The lowest BCUT2D eigenvalue weighted by atomic mass is 9.83. The van der Waals surface area contributed by atoms with Crippen LogP contribution in [0, 0.1) is 11.7 Å². The van der Waals surface area contributed by atoms with Gasteiger partial charge >= 0.3 is 6.09 Å². The van der Waals surface area contributed by atoms with Crippen molar-refractivity contribution in [2.45, 2.75) is 57.7 Å². The molecule has 41 heavy (non-hydrogen) atoms. The lowest BCUT2D eigenvalue weighted by molar-refractivity contribution is -0.140. The third-order valence-electron chi connectivity index (χ3n) is 8.43. The molecular formula is C29H40FN5O6. The van der Waals surface area contributed by atoms with Crippen molar-refractivity contribution in [3.05, 3.63) is 35.8 Å². The van der Waals surface area contributed by atoms with Crippen LogP contribution in [0.2, 0.25) is 0 Å². The number of aromatic nitrogens is 1. The fourth-order valence-corrected chi connectivity index (χ4v) is 5.80. The van der Waals surface area contributed by atoms with E-state index in [0.29, 0.717) is 50.4 Å². The molecule has 0 radical (unpaired) electrons. The van der Waals surface area contributed by atoms with Gasteiger partial charge in [-0.3, -0.25) is 19.3 Å². The topological polar surface area (TPSA) is 124 Å². The molecule has 2 aliphatic rings. The summed E-state index contributed by atoms with van der Waals surface area (Å²) in [4.78, 5) is 55.9. The van der Waals surface area contributed by atoms with Gasteiger partial charge in [-0.05, 0) is 49.9 Å². The second kappa shape index (κ2) is 13.3. The van der Waals surface area contributed by atoms with Crippen molar-refractivity contribution in [1.29, 1.82) is 0 Å². The molecule has 4 amide bonds. The minimum Gasteiger partial charge on any atom is -0.465 e. The molecule has 2 fully saturated rings. The van der Waals surface area contributed by atoms with E-state index in [1.54, 1.807) is 29.0 Å². The van der Waals surface area contributed by atoms with Crippen molar-refractivity contribution in [3.63, 3.8) is 0 Å². The zero-order valence-electron chi connectivity index (χ0n) is 24.0. The first-order chi connectivity index (χ1) is 19.6. The first-order valence-corrected chi connectivity index (χ1v) is 14.2. The maximum absolute atomic E-state index is 13.9. The van der Waals surface area contributed by atoms with Crippen LogP contribution in [0.3, 0.4) is 0 Å². The third kappa shape index (κ3) is 6.80. The van der Waals surface area contributed by atoms with Crippen molar-refractivity contribution in [3.8, 4) is 0 Å². The summed E-state index contributed by atoms with van der Waals surface area (Å²) in [5.74, 6) is -1.32. The number of benzene rings is 1. The van der Waals surface area contributed by atoms with E-state index >= 15 is 0 Å². The lowest BCUT2D eigenvalue weighted by Gasteiger charge is -2.39. The number of nitrogens with zero attached hydrogens (tertiary/aromatic N) is 4. The number of carboxylic acid groups (broad SMARTS) is 1. The SMILES string of the molecule is COCCn1c(C(=O)N2CCN(C(=O)[C@@H](NC(=O)[C@H](C)N(C)C(=O)O)C3CCCCC3)CC2)cc2cc(F)ccc21. The highest BCUT2D eigenvalue weighted by Crippen LogP contribution is 2.28. The number of carbonyl (C=O) groups is 4. The van der Waals surface area contributed by atoms with Gasteiger partial charge in [0.15, 0.2) is 0 Å².